The highest BCUT2D eigenvalue weighted by molar-refractivity contribution is 9.09. The summed E-state index contributed by atoms with van der Waals surface area (Å²) in [5, 5.41) is 0.479. The number of aryl methyl sites for hydroxylation is 1. The highest BCUT2D eigenvalue weighted by atomic mass is 79.9. The molecule has 0 unspecified atom stereocenters. The van der Waals surface area contributed by atoms with Crippen molar-refractivity contribution in [1.29, 1.82) is 0 Å². The van der Waals surface area contributed by atoms with Crippen molar-refractivity contribution >= 4 is 157 Å². The fraction of sp³-hybridized carbons (Fsp3) is 0.463. The number of benzene rings is 2. The van der Waals surface area contributed by atoms with Gasteiger partial charge in [0.05, 0.1) is 16.7 Å². The zero-order valence-corrected chi connectivity index (χ0v) is 66.4. The lowest BCUT2D eigenvalue weighted by atomic mass is 9.78. The lowest BCUT2D eigenvalue weighted by Gasteiger charge is -2.29. The molecule has 12 amide bonds. The SMILES string of the molecule is CC(=O)C1CCC(CCCN2C(=O)C=CC2=O)CC1.CC(=O)C1CCC(CN2C(=O)C=CC2=O)CC1.CC(=O)CBr.CC(=O)CCCCCN1C(=O)C=CC1=O.CC(=O)CCCN1C(=O)C=CC1=O.CC(=O)CCCc1ccc(N2C(=O)C=CC2=O)cc1.CC(=O)CCS.CC(=O)c1cccc(N2C(=O)C=CC2=O)c1. The summed E-state index contributed by atoms with van der Waals surface area (Å²) < 4.78 is 0. The van der Waals surface area contributed by atoms with Crippen LogP contribution in [0.1, 0.15) is 193 Å². The Morgan fingerprint density at radius 3 is 1.07 bits per heavy atom. The van der Waals surface area contributed by atoms with Crippen LogP contribution in [-0.4, -0.2) is 174 Å². The van der Waals surface area contributed by atoms with Crippen molar-refractivity contribution < 1.29 is 95.9 Å². The van der Waals surface area contributed by atoms with Crippen molar-refractivity contribution in [3.8, 4) is 0 Å². The lowest BCUT2D eigenvalue weighted by Crippen LogP contribution is -2.36. The van der Waals surface area contributed by atoms with Gasteiger partial charge in [-0.15, -0.1) is 0 Å². The van der Waals surface area contributed by atoms with Crippen LogP contribution in [0.4, 0.5) is 11.4 Å². The molecule has 592 valence electrons. The van der Waals surface area contributed by atoms with E-state index in [1.807, 2.05) is 12.1 Å². The van der Waals surface area contributed by atoms with Gasteiger partial charge < -0.3 is 14.4 Å². The molecule has 2 aromatic rings. The fourth-order valence-electron chi connectivity index (χ4n) is 12.0. The first-order valence-corrected chi connectivity index (χ1v) is 38.5. The van der Waals surface area contributed by atoms with Gasteiger partial charge in [-0.05, 0) is 199 Å². The molecule has 2 fully saturated rings. The molecule has 0 spiro atoms. The Morgan fingerprint density at radius 1 is 0.364 bits per heavy atom. The Balaban J connectivity index is 0.000000334. The normalized spacial score (nSPS) is 18.5. The number of halogens is 1. The molecule has 0 N–H and O–H groups in total. The topological polar surface area (TPSA) is 361 Å². The number of Topliss-reactive ketones (excluding diaryl/α,β-unsaturated/α-hetero) is 8. The molecule has 8 aliphatic rings. The number of hydrogen-bond acceptors (Lipinski definition) is 21. The van der Waals surface area contributed by atoms with Gasteiger partial charge in [-0.1, -0.05) is 46.6 Å². The Morgan fingerprint density at radius 2 is 0.709 bits per heavy atom. The number of carbonyl (C=O) groups is 20. The monoisotopic (exact) mass is 1600 g/mol. The molecule has 10 rings (SSSR count). The fourth-order valence-corrected chi connectivity index (χ4v) is 12.3. The molecule has 2 saturated carbocycles. The van der Waals surface area contributed by atoms with Crippen LogP contribution in [0, 0.1) is 23.7 Å². The van der Waals surface area contributed by atoms with E-state index in [0.29, 0.717) is 104 Å². The number of thiol groups is 1. The van der Waals surface area contributed by atoms with Gasteiger partial charge in [0, 0.05) is 142 Å². The molecular formula is C82H101BrN6O20S. The summed E-state index contributed by atoms with van der Waals surface area (Å²) in [6, 6.07) is 13.7. The van der Waals surface area contributed by atoms with E-state index in [0.717, 1.165) is 117 Å². The lowest BCUT2D eigenvalue weighted by molar-refractivity contribution is -0.139. The van der Waals surface area contributed by atoms with Crippen LogP contribution in [0.25, 0.3) is 0 Å². The number of amides is 12. The summed E-state index contributed by atoms with van der Waals surface area (Å²) in [5.74, 6) is 0.248. The van der Waals surface area contributed by atoms with Gasteiger partial charge in [0.1, 0.15) is 40.5 Å². The number of alkyl halides is 1. The van der Waals surface area contributed by atoms with Crippen LogP contribution in [0.3, 0.4) is 0 Å². The van der Waals surface area contributed by atoms with E-state index >= 15 is 0 Å². The van der Waals surface area contributed by atoms with E-state index in [1.54, 1.807) is 65.0 Å². The average Bonchev–Trinajstić information content (AvgIpc) is 1.65. The van der Waals surface area contributed by atoms with Crippen LogP contribution in [-0.2, 0) is 97.5 Å². The quantitative estimate of drug-likeness (QED) is 0.0272. The first-order valence-electron chi connectivity index (χ1n) is 36.7. The number of hydrogen-bond donors (Lipinski definition) is 1. The summed E-state index contributed by atoms with van der Waals surface area (Å²) in [6.45, 7) is 14.3. The molecule has 6 heterocycles. The highest BCUT2D eigenvalue weighted by Crippen LogP contribution is 2.33. The van der Waals surface area contributed by atoms with Crippen LogP contribution >= 0.6 is 28.6 Å². The third-order valence-corrected chi connectivity index (χ3v) is 19.2. The second-order valence-electron chi connectivity index (χ2n) is 27.3. The maximum atomic E-state index is 11.5. The van der Waals surface area contributed by atoms with Crippen LogP contribution in [0.15, 0.2) is 121 Å². The van der Waals surface area contributed by atoms with Gasteiger partial charge in [0.15, 0.2) is 5.78 Å². The van der Waals surface area contributed by atoms with Gasteiger partial charge in [-0.2, -0.15) is 12.6 Å². The van der Waals surface area contributed by atoms with Crippen molar-refractivity contribution in [2.75, 3.05) is 47.1 Å². The second kappa shape index (κ2) is 49.9. The zero-order valence-electron chi connectivity index (χ0n) is 63.9. The van der Waals surface area contributed by atoms with E-state index in [9.17, 15) is 95.9 Å². The molecule has 0 saturated heterocycles. The van der Waals surface area contributed by atoms with Crippen LogP contribution in [0.2, 0.25) is 0 Å². The molecule has 28 heteroatoms. The summed E-state index contributed by atoms with van der Waals surface area (Å²) in [5.41, 5.74) is 2.57. The molecule has 110 heavy (non-hydrogen) atoms. The third kappa shape index (κ3) is 34.6. The molecule has 2 aliphatic carbocycles. The molecule has 0 bridgehead atoms. The van der Waals surface area contributed by atoms with Crippen molar-refractivity contribution in [2.24, 2.45) is 23.7 Å². The van der Waals surface area contributed by atoms with Crippen molar-refractivity contribution in [1.82, 2.24) is 19.6 Å². The zero-order chi connectivity index (χ0) is 82.2. The van der Waals surface area contributed by atoms with E-state index in [-0.39, 0.29) is 123 Å². The Kier molecular flexibility index (Phi) is 42.7. The first-order chi connectivity index (χ1) is 52.1. The third-order valence-electron chi connectivity index (χ3n) is 18.2. The molecule has 26 nitrogen and oxygen atoms in total. The number of anilines is 2. The number of nitrogens with zero attached hydrogens (tertiary/aromatic N) is 6. The Hall–Kier alpha value is -10.1. The van der Waals surface area contributed by atoms with E-state index in [2.05, 4.69) is 28.6 Å². The highest BCUT2D eigenvalue weighted by Gasteiger charge is 2.32. The molecule has 0 aromatic heterocycles. The van der Waals surface area contributed by atoms with Crippen molar-refractivity contribution in [3.63, 3.8) is 0 Å². The predicted octanol–water partition coefficient (Wildman–Crippen LogP) is 9.95. The Labute approximate surface area is 656 Å². The molecule has 0 atom stereocenters. The smallest absolute Gasteiger partial charge is 0.258 e. The first kappa shape index (κ1) is 94.1. The van der Waals surface area contributed by atoms with Crippen molar-refractivity contribution in [3.05, 3.63) is 133 Å². The van der Waals surface area contributed by atoms with E-state index in [4.69, 9.17) is 0 Å². The van der Waals surface area contributed by atoms with Gasteiger partial charge in [-0.25, -0.2) is 9.80 Å². The Bertz CT molecular complexity index is 3820. The maximum absolute atomic E-state index is 11.5. The number of imide groups is 6. The maximum Gasteiger partial charge on any atom is 0.258 e. The standard InChI is InChI=1S/C15H21NO3.C15H15NO3.C13H17NO3.C12H9NO3.C11H15NO3.C9H11NO3.C4H8OS.C3H5BrO/c1-11(17)13-6-4-12(5-7-13)3-2-10-16-14(18)8-9-15(16)19;1-11(17)3-2-4-12-5-7-13(8-6-12)16-14(18)9-10-15(16)19;1-9(15)11-4-2-10(3-5-11)8-14-12(16)6-7-13(14)17;1-8(14)9-3-2-4-10(7-9)13-11(15)5-6-12(13)16;1-9(13)5-3-2-4-8-12-10(14)6-7-11(12)15;1-7(11)3-2-6-10-8(12)4-5-9(10)13;1-4(5)2-3-6;1-3(5)2-4/h8-9,12-13H,2-7,10H2,1H3;5-10H,2-4H2,1H3;6-7,10-11H,2-5,8H2,1H3;2-7H,1H3;6-7H,2-5,8H2,1H3;4-5H,2-3,6H2,1H3;6H,2-3H2,1H3;2H2,1H3. The minimum atomic E-state index is -0.384. The van der Waals surface area contributed by atoms with Crippen molar-refractivity contribution in [2.45, 2.75) is 184 Å². The predicted molar refractivity (Wildman–Crippen MR) is 417 cm³/mol. The molecule has 0 radical (unpaired) electrons. The minimum absolute atomic E-state index is 0.0760. The van der Waals surface area contributed by atoms with Gasteiger partial charge >= 0.3 is 0 Å². The van der Waals surface area contributed by atoms with Crippen LogP contribution < -0.4 is 9.80 Å². The number of rotatable bonds is 28. The summed E-state index contributed by atoms with van der Waals surface area (Å²) in [6.07, 6.45) is 31.9. The van der Waals surface area contributed by atoms with E-state index in [1.165, 1.54) is 114 Å². The van der Waals surface area contributed by atoms with Gasteiger partial charge in [-0.3, -0.25) is 101 Å². The molecular weight excluding hydrogens is 1500 g/mol. The molecule has 6 aliphatic heterocycles. The number of unbranched alkanes of at least 4 members (excludes halogenated alkanes) is 2. The molecule has 2 aromatic carbocycles. The summed E-state index contributed by atoms with van der Waals surface area (Å²) in [4.78, 5) is 228. The largest absolute Gasteiger partial charge is 0.300 e. The summed E-state index contributed by atoms with van der Waals surface area (Å²) >= 11 is 6.80. The second-order valence-corrected chi connectivity index (χ2v) is 28.3. The average molecular weight is 1600 g/mol. The number of carbonyl (C=O) groups excluding carboxylic acids is 20. The van der Waals surface area contributed by atoms with Gasteiger partial charge in [0.2, 0.25) is 0 Å². The minimum Gasteiger partial charge on any atom is -0.300 e. The number of ketones is 8. The summed E-state index contributed by atoms with van der Waals surface area (Å²) in [7, 11) is 0. The van der Waals surface area contributed by atoms with E-state index < -0.39 is 0 Å². The van der Waals surface area contributed by atoms with Crippen LogP contribution in [0.5, 0.6) is 0 Å². The van der Waals surface area contributed by atoms with Gasteiger partial charge in [0.25, 0.3) is 70.9 Å².